The van der Waals surface area contributed by atoms with Gasteiger partial charge in [-0.05, 0) is 43.7 Å². The van der Waals surface area contributed by atoms with Crippen molar-refractivity contribution in [2.75, 3.05) is 10.6 Å². The Bertz CT molecular complexity index is 1210. The van der Waals surface area contributed by atoms with Gasteiger partial charge in [-0.15, -0.1) is 0 Å². The van der Waals surface area contributed by atoms with Gasteiger partial charge in [0.1, 0.15) is 0 Å². The van der Waals surface area contributed by atoms with Crippen LogP contribution in [0.4, 0.5) is 11.4 Å². The molecule has 0 heterocycles. The van der Waals surface area contributed by atoms with Gasteiger partial charge in [0.05, 0.1) is 22.3 Å². The molecule has 0 fully saturated rings. The smallest absolute Gasteiger partial charge is 0.336 e. The van der Waals surface area contributed by atoms with Gasteiger partial charge >= 0.3 is 17.9 Å². The molecule has 0 aromatic heterocycles. The molecule has 10 heteroatoms. The van der Waals surface area contributed by atoms with Crippen molar-refractivity contribution in [3.8, 4) is 0 Å². The predicted molar refractivity (Wildman–Crippen MR) is 129 cm³/mol. The number of benzene rings is 2. The number of carbonyl (C=O) groups excluding carboxylic acids is 2. The molecule has 0 bridgehead atoms. The summed E-state index contributed by atoms with van der Waals surface area (Å²) in [5, 5.41) is 34.2. The molecule has 1 amide bonds. The summed E-state index contributed by atoms with van der Waals surface area (Å²) in [6, 6.07) is 5.83. The van der Waals surface area contributed by atoms with E-state index in [-0.39, 0.29) is 22.9 Å². The maximum Gasteiger partial charge on any atom is 0.336 e. The van der Waals surface area contributed by atoms with E-state index in [0.717, 1.165) is 18.6 Å². The fourth-order valence-corrected chi connectivity index (χ4v) is 3.22. The normalized spacial score (nSPS) is 11.9. The second-order valence-corrected chi connectivity index (χ2v) is 9.14. The first kappa shape index (κ1) is 27.0. The van der Waals surface area contributed by atoms with Crippen LogP contribution in [0.5, 0.6) is 0 Å². The van der Waals surface area contributed by atoms with Crippen LogP contribution in [0, 0.1) is 5.41 Å². The molecule has 5 N–H and O–H groups in total. The summed E-state index contributed by atoms with van der Waals surface area (Å²) in [5.41, 5.74) is -2.51. The number of aromatic carboxylic acids is 3. The van der Waals surface area contributed by atoms with Gasteiger partial charge in [0.25, 0.3) is 5.91 Å². The molecular weight excluding hydrogens is 456 g/mol. The van der Waals surface area contributed by atoms with Gasteiger partial charge < -0.3 is 26.0 Å². The highest BCUT2D eigenvalue weighted by Gasteiger charge is 2.31. The van der Waals surface area contributed by atoms with E-state index in [2.05, 4.69) is 10.6 Å². The quantitative estimate of drug-likeness (QED) is 0.322. The third-order valence-corrected chi connectivity index (χ3v) is 5.25. The Balaban J connectivity index is 2.63. The molecule has 0 spiro atoms. The summed E-state index contributed by atoms with van der Waals surface area (Å²) in [7, 11) is 0. The number of hydrogen-bond acceptors (Lipinski definition) is 6. The molecule has 186 valence electrons. The van der Waals surface area contributed by atoms with Crippen LogP contribution in [0.1, 0.15) is 92.8 Å². The van der Waals surface area contributed by atoms with E-state index in [1.165, 1.54) is 18.2 Å². The Morgan fingerprint density at radius 2 is 1.29 bits per heavy atom. The monoisotopic (exact) mass is 484 g/mol. The molecule has 10 nitrogen and oxygen atoms in total. The van der Waals surface area contributed by atoms with E-state index in [9.17, 15) is 39.3 Å². The van der Waals surface area contributed by atoms with Crippen molar-refractivity contribution in [2.45, 2.75) is 47.1 Å². The van der Waals surface area contributed by atoms with Crippen molar-refractivity contribution in [2.24, 2.45) is 5.41 Å². The molecule has 1 unspecified atom stereocenters. The number of rotatable bonds is 9. The summed E-state index contributed by atoms with van der Waals surface area (Å²) in [5.74, 6) is -5.84. The minimum atomic E-state index is -1.56. The average Bonchev–Trinajstić information content (AvgIpc) is 2.76. The number of anilines is 2. The third-order valence-electron chi connectivity index (χ3n) is 5.25. The molecule has 1 atom stereocenters. The molecule has 0 aliphatic carbocycles. The summed E-state index contributed by atoms with van der Waals surface area (Å²) >= 11 is 0. The maximum absolute atomic E-state index is 13.1. The zero-order chi connectivity index (χ0) is 26.7. The largest absolute Gasteiger partial charge is 0.478 e. The fourth-order valence-electron chi connectivity index (χ4n) is 3.22. The minimum Gasteiger partial charge on any atom is -0.478 e. The standard InChI is InChI=1S/C25H28N2O8/c1-6-12(2)26-14-7-13(22(30)31)8-15(9-14)27-21(29)17-10-16(20(28)25(3,4)5)18(23(32)33)11-19(17)24(34)35/h7-12,26H,6H2,1-5H3,(H,27,29)(H,30,31)(H,32,33)(H,34,35). The van der Waals surface area contributed by atoms with Crippen LogP contribution >= 0.6 is 0 Å². The average molecular weight is 485 g/mol. The zero-order valence-corrected chi connectivity index (χ0v) is 20.1. The highest BCUT2D eigenvalue weighted by molar-refractivity contribution is 6.16. The Hall–Kier alpha value is -4.21. The van der Waals surface area contributed by atoms with E-state index >= 15 is 0 Å². The lowest BCUT2D eigenvalue weighted by atomic mass is 9.83. The maximum atomic E-state index is 13.1. The Kier molecular flexibility index (Phi) is 8.01. The Morgan fingerprint density at radius 3 is 1.77 bits per heavy atom. The van der Waals surface area contributed by atoms with E-state index in [1.807, 2.05) is 13.8 Å². The number of amides is 1. The molecule has 0 aliphatic heterocycles. The van der Waals surface area contributed by atoms with Crippen LogP contribution in [0.3, 0.4) is 0 Å². The molecule has 0 saturated heterocycles. The van der Waals surface area contributed by atoms with Crippen molar-refractivity contribution in [3.05, 3.63) is 58.1 Å². The van der Waals surface area contributed by atoms with Crippen LogP contribution in [-0.4, -0.2) is 51.0 Å². The lowest BCUT2D eigenvalue weighted by molar-refractivity contribution is 0.0678. The summed E-state index contributed by atoms with van der Waals surface area (Å²) < 4.78 is 0. The van der Waals surface area contributed by atoms with E-state index in [0.29, 0.717) is 5.69 Å². The van der Waals surface area contributed by atoms with Crippen molar-refractivity contribution in [1.29, 1.82) is 0 Å². The topological polar surface area (TPSA) is 170 Å². The second-order valence-electron chi connectivity index (χ2n) is 9.14. The molecule has 0 aliphatic rings. The Morgan fingerprint density at radius 1 is 0.771 bits per heavy atom. The number of ketones is 1. The van der Waals surface area contributed by atoms with E-state index < -0.39 is 51.7 Å². The van der Waals surface area contributed by atoms with Crippen molar-refractivity contribution >= 4 is 41.0 Å². The fraction of sp³-hybridized carbons (Fsp3) is 0.320. The van der Waals surface area contributed by atoms with Gasteiger partial charge in [-0.2, -0.15) is 0 Å². The van der Waals surface area contributed by atoms with E-state index in [1.54, 1.807) is 20.8 Å². The van der Waals surface area contributed by atoms with Gasteiger partial charge in [0.15, 0.2) is 5.78 Å². The van der Waals surface area contributed by atoms with E-state index in [4.69, 9.17) is 0 Å². The number of carbonyl (C=O) groups is 5. The van der Waals surface area contributed by atoms with Crippen LogP contribution in [0.25, 0.3) is 0 Å². The van der Waals surface area contributed by atoms with Gasteiger partial charge in [0, 0.05) is 28.4 Å². The van der Waals surface area contributed by atoms with Gasteiger partial charge in [-0.25, -0.2) is 14.4 Å². The van der Waals surface area contributed by atoms with Gasteiger partial charge in [-0.3, -0.25) is 9.59 Å². The second kappa shape index (κ2) is 10.4. The first-order valence-corrected chi connectivity index (χ1v) is 10.8. The van der Waals surface area contributed by atoms with Gasteiger partial charge in [0.2, 0.25) is 0 Å². The number of carboxylic acids is 3. The number of hydrogen-bond donors (Lipinski definition) is 5. The SMILES string of the molecule is CCC(C)Nc1cc(NC(=O)c2cc(C(=O)C(C)(C)C)c(C(=O)O)cc2C(=O)O)cc(C(=O)O)c1. The molecule has 0 radical (unpaired) electrons. The predicted octanol–water partition coefficient (Wildman–Crippen LogP) is 4.47. The third kappa shape index (κ3) is 6.44. The minimum absolute atomic E-state index is 0.00995. The van der Waals surface area contributed by atoms with Gasteiger partial charge in [-0.1, -0.05) is 27.7 Å². The number of nitrogens with one attached hydrogen (secondary N) is 2. The molecular formula is C25H28N2O8. The summed E-state index contributed by atoms with van der Waals surface area (Å²) in [6.07, 6.45) is 0.751. The Labute approximate surface area is 202 Å². The van der Waals surface area contributed by atoms with Crippen molar-refractivity contribution < 1.29 is 39.3 Å². The molecule has 2 aromatic rings. The molecule has 2 rings (SSSR count). The first-order valence-electron chi connectivity index (χ1n) is 10.8. The summed E-state index contributed by atoms with van der Waals surface area (Å²) in [6.45, 7) is 8.52. The lowest BCUT2D eigenvalue weighted by Crippen LogP contribution is -2.25. The lowest BCUT2D eigenvalue weighted by Gasteiger charge is -2.20. The highest BCUT2D eigenvalue weighted by Crippen LogP contribution is 2.28. The van der Waals surface area contributed by atoms with Crippen molar-refractivity contribution in [3.63, 3.8) is 0 Å². The highest BCUT2D eigenvalue weighted by atomic mass is 16.4. The molecule has 2 aromatic carbocycles. The van der Waals surface area contributed by atoms with Crippen molar-refractivity contribution in [1.82, 2.24) is 0 Å². The molecule has 0 saturated carbocycles. The molecule has 35 heavy (non-hydrogen) atoms. The summed E-state index contributed by atoms with van der Waals surface area (Å²) in [4.78, 5) is 61.1. The number of Topliss-reactive ketones (excluding diaryl/α,β-unsaturated/α-hetero) is 1. The zero-order valence-electron chi connectivity index (χ0n) is 20.1. The first-order chi connectivity index (χ1) is 16.1. The van der Waals surface area contributed by atoms with Crippen LogP contribution in [0.2, 0.25) is 0 Å². The van der Waals surface area contributed by atoms with Crippen LogP contribution in [-0.2, 0) is 0 Å². The van der Waals surface area contributed by atoms with Crippen LogP contribution < -0.4 is 10.6 Å². The number of carboxylic acid groups (broad SMARTS) is 3. The van der Waals surface area contributed by atoms with Crippen LogP contribution in [0.15, 0.2) is 30.3 Å².